The molecular weight excluding hydrogens is 220 g/mol. The number of thiocarbonyl (C=S) groups is 1. The van der Waals surface area contributed by atoms with Crippen LogP contribution in [0.25, 0.3) is 0 Å². The van der Waals surface area contributed by atoms with Gasteiger partial charge < -0.3 is 9.84 Å². The molecule has 0 aliphatic rings. The van der Waals surface area contributed by atoms with E-state index in [-0.39, 0.29) is 5.05 Å². The number of hydrogen-bond donors (Lipinski definition) is 1. The van der Waals surface area contributed by atoms with Gasteiger partial charge in [0.15, 0.2) is 5.05 Å². The standard InChI is InChI=1S/C13H10O2S/c14-13(16)11-8-4-5-9-12(11)15-10-6-2-1-3-7-10/h1-9H,(H,14,16). The Morgan fingerprint density at radius 1 is 0.938 bits per heavy atom. The molecule has 0 aliphatic carbocycles. The molecule has 2 rings (SSSR count). The Hall–Kier alpha value is -1.87. The smallest absolute Gasteiger partial charge is 0.192 e. The van der Waals surface area contributed by atoms with Gasteiger partial charge in [-0.3, -0.25) is 0 Å². The van der Waals surface area contributed by atoms with Gasteiger partial charge in [-0.05, 0) is 36.5 Å². The molecule has 0 saturated heterocycles. The van der Waals surface area contributed by atoms with Gasteiger partial charge in [-0.2, -0.15) is 0 Å². The predicted octanol–water partition coefficient (Wildman–Crippen LogP) is 3.71. The Morgan fingerprint density at radius 2 is 1.56 bits per heavy atom. The third-order valence-corrected chi connectivity index (χ3v) is 2.31. The van der Waals surface area contributed by atoms with E-state index in [0.717, 1.165) is 0 Å². The first-order chi connectivity index (χ1) is 7.77. The maximum Gasteiger partial charge on any atom is 0.192 e. The number of ether oxygens (including phenoxy) is 1. The van der Waals surface area contributed by atoms with Gasteiger partial charge in [0.25, 0.3) is 0 Å². The van der Waals surface area contributed by atoms with Crippen LogP contribution in [0.15, 0.2) is 54.6 Å². The van der Waals surface area contributed by atoms with Crippen molar-refractivity contribution in [3.8, 4) is 11.5 Å². The number of aliphatic hydroxyl groups excluding tert-OH is 1. The summed E-state index contributed by atoms with van der Waals surface area (Å²) in [6.45, 7) is 0. The van der Waals surface area contributed by atoms with Crippen LogP contribution in [0, 0.1) is 0 Å². The number of aliphatic hydroxyl groups is 1. The zero-order valence-corrected chi connectivity index (χ0v) is 9.28. The third-order valence-electron chi connectivity index (χ3n) is 2.09. The van der Waals surface area contributed by atoms with Crippen LogP contribution in [0.2, 0.25) is 0 Å². The van der Waals surface area contributed by atoms with E-state index in [0.29, 0.717) is 17.1 Å². The molecule has 0 bridgehead atoms. The van der Waals surface area contributed by atoms with E-state index in [9.17, 15) is 5.11 Å². The Labute approximate surface area is 99.1 Å². The molecule has 0 aromatic heterocycles. The Morgan fingerprint density at radius 3 is 2.25 bits per heavy atom. The fourth-order valence-corrected chi connectivity index (χ4v) is 1.52. The molecule has 0 fully saturated rings. The van der Waals surface area contributed by atoms with Gasteiger partial charge in [0.2, 0.25) is 0 Å². The number of rotatable bonds is 3. The van der Waals surface area contributed by atoms with Gasteiger partial charge in [0.05, 0.1) is 5.56 Å². The second-order valence-electron chi connectivity index (χ2n) is 3.22. The maximum atomic E-state index is 9.33. The molecule has 2 nitrogen and oxygen atoms in total. The molecule has 0 saturated carbocycles. The molecule has 0 aliphatic heterocycles. The number of benzene rings is 2. The third kappa shape index (κ3) is 2.38. The van der Waals surface area contributed by atoms with Gasteiger partial charge in [-0.25, -0.2) is 0 Å². The molecule has 0 amide bonds. The fourth-order valence-electron chi connectivity index (χ4n) is 1.35. The summed E-state index contributed by atoms with van der Waals surface area (Å²) >= 11 is 4.74. The monoisotopic (exact) mass is 230 g/mol. The van der Waals surface area contributed by atoms with Gasteiger partial charge in [-0.1, -0.05) is 30.3 Å². The summed E-state index contributed by atoms with van der Waals surface area (Å²) in [5.41, 5.74) is 0.529. The van der Waals surface area contributed by atoms with E-state index in [1.165, 1.54) is 0 Å². The van der Waals surface area contributed by atoms with Crippen LogP contribution in [-0.4, -0.2) is 10.2 Å². The summed E-state index contributed by atoms with van der Waals surface area (Å²) < 4.78 is 5.62. The second-order valence-corrected chi connectivity index (χ2v) is 3.60. The lowest BCUT2D eigenvalue weighted by atomic mass is 10.2. The topological polar surface area (TPSA) is 29.5 Å². The normalized spacial score (nSPS) is 9.75. The SMILES string of the molecule is OC(=S)c1ccccc1Oc1ccccc1. The predicted molar refractivity (Wildman–Crippen MR) is 67.3 cm³/mol. The highest BCUT2D eigenvalue weighted by molar-refractivity contribution is 7.80. The molecule has 0 heterocycles. The molecule has 2 aromatic carbocycles. The van der Waals surface area contributed by atoms with Gasteiger partial charge in [-0.15, -0.1) is 0 Å². The molecule has 80 valence electrons. The highest BCUT2D eigenvalue weighted by Crippen LogP contribution is 2.24. The first-order valence-electron chi connectivity index (χ1n) is 4.82. The summed E-state index contributed by atoms with van der Waals surface area (Å²) in [4.78, 5) is 0. The largest absolute Gasteiger partial charge is 0.498 e. The highest BCUT2D eigenvalue weighted by Gasteiger charge is 2.07. The van der Waals surface area contributed by atoms with E-state index < -0.39 is 0 Å². The van der Waals surface area contributed by atoms with Crippen LogP contribution >= 0.6 is 12.2 Å². The van der Waals surface area contributed by atoms with Crippen LogP contribution in [0.1, 0.15) is 5.56 Å². The van der Waals surface area contributed by atoms with Gasteiger partial charge >= 0.3 is 0 Å². The van der Waals surface area contributed by atoms with Crippen molar-refractivity contribution in [2.75, 3.05) is 0 Å². The molecular formula is C13H10O2S. The highest BCUT2D eigenvalue weighted by atomic mass is 32.1. The van der Waals surface area contributed by atoms with Crippen molar-refractivity contribution >= 4 is 17.3 Å². The summed E-state index contributed by atoms with van der Waals surface area (Å²) in [6, 6.07) is 16.5. The molecule has 0 spiro atoms. The average molecular weight is 230 g/mol. The van der Waals surface area contributed by atoms with Crippen LogP contribution in [0.3, 0.4) is 0 Å². The first-order valence-corrected chi connectivity index (χ1v) is 5.23. The number of para-hydroxylation sites is 2. The summed E-state index contributed by atoms with van der Waals surface area (Å²) in [5, 5.41) is 9.17. The average Bonchev–Trinajstić information content (AvgIpc) is 2.31. The molecule has 3 heteroatoms. The van der Waals surface area contributed by atoms with Crippen molar-refractivity contribution in [1.82, 2.24) is 0 Å². The molecule has 1 N–H and O–H groups in total. The molecule has 2 aromatic rings. The van der Waals surface area contributed by atoms with Crippen molar-refractivity contribution in [2.24, 2.45) is 0 Å². The van der Waals surface area contributed by atoms with Crippen molar-refractivity contribution in [2.45, 2.75) is 0 Å². The minimum absolute atomic E-state index is 0.161. The van der Waals surface area contributed by atoms with Crippen LogP contribution in [-0.2, 0) is 0 Å². The second kappa shape index (κ2) is 4.77. The molecule has 0 radical (unpaired) electrons. The summed E-state index contributed by atoms with van der Waals surface area (Å²) in [7, 11) is 0. The lowest BCUT2D eigenvalue weighted by Crippen LogP contribution is -1.98. The maximum absolute atomic E-state index is 9.33. The van der Waals surface area contributed by atoms with Crippen molar-refractivity contribution in [3.63, 3.8) is 0 Å². The fraction of sp³-hybridized carbons (Fsp3) is 0. The van der Waals surface area contributed by atoms with Crippen molar-refractivity contribution in [3.05, 3.63) is 60.2 Å². The zero-order valence-electron chi connectivity index (χ0n) is 8.46. The Bertz CT molecular complexity index is 494. The molecule has 0 atom stereocenters. The van der Waals surface area contributed by atoms with Crippen LogP contribution < -0.4 is 4.74 Å². The minimum atomic E-state index is -0.161. The summed E-state index contributed by atoms with van der Waals surface area (Å²) in [6.07, 6.45) is 0. The quantitative estimate of drug-likeness (QED) is 0.815. The molecule has 16 heavy (non-hydrogen) atoms. The Kier molecular flexibility index (Phi) is 3.17. The first kappa shape index (κ1) is 10.6. The van der Waals surface area contributed by atoms with Crippen LogP contribution in [0.4, 0.5) is 0 Å². The van der Waals surface area contributed by atoms with Gasteiger partial charge in [0.1, 0.15) is 11.5 Å². The van der Waals surface area contributed by atoms with Crippen molar-refractivity contribution < 1.29 is 9.84 Å². The van der Waals surface area contributed by atoms with E-state index in [1.807, 2.05) is 36.4 Å². The van der Waals surface area contributed by atoms with Crippen molar-refractivity contribution in [1.29, 1.82) is 0 Å². The minimum Gasteiger partial charge on any atom is -0.498 e. The lowest BCUT2D eigenvalue weighted by Gasteiger charge is -2.08. The number of hydrogen-bond acceptors (Lipinski definition) is 2. The van der Waals surface area contributed by atoms with Gasteiger partial charge in [0, 0.05) is 0 Å². The van der Waals surface area contributed by atoms with E-state index in [4.69, 9.17) is 17.0 Å². The zero-order chi connectivity index (χ0) is 11.4. The van der Waals surface area contributed by atoms with Crippen LogP contribution in [0.5, 0.6) is 11.5 Å². The van der Waals surface area contributed by atoms with E-state index in [2.05, 4.69) is 0 Å². The van der Waals surface area contributed by atoms with E-state index >= 15 is 0 Å². The van der Waals surface area contributed by atoms with E-state index in [1.54, 1.807) is 18.2 Å². The lowest BCUT2D eigenvalue weighted by molar-refractivity contribution is 0.477. The Balaban J connectivity index is 2.31. The molecule has 0 unspecified atom stereocenters. The summed E-state index contributed by atoms with van der Waals surface area (Å²) in [5.74, 6) is 1.27.